The third-order valence-electron chi connectivity index (χ3n) is 5.70. The number of aromatic nitrogens is 1. The van der Waals surface area contributed by atoms with Gasteiger partial charge < -0.3 is 4.74 Å². The number of nitrogens with one attached hydrogen (secondary N) is 1. The molecule has 4 rings (SSSR count). The van der Waals surface area contributed by atoms with Crippen LogP contribution in [0.15, 0.2) is 95.0 Å². The Hall–Kier alpha value is -3.08. The van der Waals surface area contributed by atoms with Crippen LogP contribution < -0.4 is 5.32 Å². The van der Waals surface area contributed by atoms with Crippen LogP contribution in [0.2, 0.25) is 0 Å². The van der Waals surface area contributed by atoms with E-state index >= 15 is 0 Å². The molecule has 0 saturated carbocycles. The van der Waals surface area contributed by atoms with Gasteiger partial charge in [-0.3, -0.25) is 15.1 Å². The number of hydrogen-bond donors (Lipinski definition) is 1. The summed E-state index contributed by atoms with van der Waals surface area (Å²) in [5, 5.41) is -0.215. The molecule has 8 nitrogen and oxygen atoms in total. The van der Waals surface area contributed by atoms with E-state index in [1.54, 1.807) is 48.5 Å². The number of benzene rings is 2. The summed E-state index contributed by atoms with van der Waals surface area (Å²) >= 11 is 0. The summed E-state index contributed by atoms with van der Waals surface area (Å²) in [6.07, 6.45) is 2.98. The summed E-state index contributed by atoms with van der Waals surface area (Å²) in [6.45, 7) is 0. The molecule has 1 aliphatic heterocycles. The molecule has 1 aliphatic rings. The van der Waals surface area contributed by atoms with Gasteiger partial charge in [0.1, 0.15) is 16.5 Å². The number of hydrogen-bond acceptors (Lipinski definition) is 8. The Labute approximate surface area is 192 Å². The van der Waals surface area contributed by atoms with Crippen LogP contribution in [0, 0.1) is 0 Å². The van der Waals surface area contributed by atoms with E-state index in [4.69, 9.17) is 4.74 Å². The molecule has 10 heteroatoms. The van der Waals surface area contributed by atoms with Crippen molar-refractivity contribution in [2.75, 3.05) is 7.11 Å². The van der Waals surface area contributed by atoms with E-state index in [1.165, 1.54) is 36.7 Å². The van der Waals surface area contributed by atoms with Crippen LogP contribution in [0.5, 0.6) is 0 Å². The first-order valence-electron chi connectivity index (χ1n) is 10.1. The first kappa shape index (κ1) is 23.1. The van der Waals surface area contributed by atoms with Crippen molar-refractivity contribution in [2.24, 2.45) is 0 Å². The number of carbonyl (C=O) groups excluding carboxylic acids is 1. The predicted molar refractivity (Wildman–Crippen MR) is 121 cm³/mol. The maximum Gasteiger partial charge on any atom is 0.324 e. The van der Waals surface area contributed by atoms with Crippen LogP contribution in [0.3, 0.4) is 0 Å². The van der Waals surface area contributed by atoms with Gasteiger partial charge in [-0.2, -0.15) is 0 Å². The lowest BCUT2D eigenvalue weighted by molar-refractivity contribution is -0.142. The first-order chi connectivity index (χ1) is 15.8. The van der Waals surface area contributed by atoms with Crippen LogP contribution in [0.25, 0.3) is 0 Å². The third-order valence-corrected chi connectivity index (χ3v) is 10.3. The van der Waals surface area contributed by atoms with E-state index in [2.05, 4.69) is 10.3 Å². The molecule has 1 saturated heterocycles. The molecular formula is C23H22N2O6S2. The van der Waals surface area contributed by atoms with E-state index in [9.17, 15) is 21.6 Å². The molecule has 33 heavy (non-hydrogen) atoms. The van der Waals surface area contributed by atoms with Gasteiger partial charge >= 0.3 is 5.97 Å². The van der Waals surface area contributed by atoms with E-state index in [-0.39, 0.29) is 9.79 Å². The molecule has 1 N–H and O–H groups in total. The molecule has 2 heterocycles. The first-order valence-corrected chi connectivity index (χ1v) is 13.2. The van der Waals surface area contributed by atoms with Crippen molar-refractivity contribution in [1.82, 2.24) is 10.3 Å². The highest BCUT2D eigenvalue weighted by atomic mass is 32.2. The van der Waals surface area contributed by atoms with Crippen LogP contribution in [-0.4, -0.2) is 51.4 Å². The molecule has 3 aromatic rings. The molecule has 4 atom stereocenters. The molecule has 0 aliphatic carbocycles. The minimum Gasteiger partial charge on any atom is -0.468 e. The molecule has 1 fully saturated rings. The quantitative estimate of drug-likeness (QED) is 0.525. The Morgan fingerprint density at radius 3 is 1.85 bits per heavy atom. The van der Waals surface area contributed by atoms with E-state index in [0.717, 1.165) is 7.11 Å². The second-order valence-electron chi connectivity index (χ2n) is 7.58. The number of sulfone groups is 2. The number of methoxy groups -OCH3 is 1. The SMILES string of the molecule is COC(=O)[C@H]1N[C@@H](c2cccnc2)[C@@H](S(=O)(=O)c2ccccc2)[C@@H]1S(=O)(=O)c1ccccc1. The van der Waals surface area contributed by atoms with Crippen molar-refractivity contribution in [3.63, 3.8) is 0 Å². The molecular weight excluding hydrogens is 464 g/mol. The zero-order chi connectivity index (χ0) is 23.6. The fourth-order valence-corrected chi connectivity index (χ4v) is 8.93. The van der Waals surface area contributed by atoms with Gasteiger partial charge in [-0.15, -0.1) is 0 Å². The van der Waals surface area contributed by atoms with Crippen molar-refractivity contribution in [1.29, 1.82) is 0 Å². The van der Waals surface area contributed by atoms with Crippen LogP contribution in [0.4, 0.5) is 0 Å². The van der Waals surface area contributed by atoms with Crippen LogP contribution in [0.1, 0.15) is 11.6 Å². The van der Waals surface area contributed by atoms with Gasteiger partial charge in [0.2, 0.25) is 0 Å². The summed E-state index contributed by atoms with van der Waals surface area (Å²) in [7, 11) is -7.38. The van der Waals surface area contributed by atoms with Gasteiger partial charge in [0.15, 0.2) is 19.7 Å². The Morgan fingerprint density at radius 1 is 0.818 bits per heavy atom. The number of esters is 1. The van der Waals surface area contributed by atoms with Crippen molar-refractivity contribution >= 4 is 25.6 Å². The average molecular weight is 487 g/mol. The van der Waals surface area contributed by atoms with Crippen molar-refractivity contribution < 1.29 is 26.4 Å². The summed E-state index contributed by atoms with van der Waals surface area (Å²) in [4.78, 5) is 16.7. The fourth-order valence-electron chi connectivity index (χ4n) is 4.18. The summed E-state index contributed by atoms with van der Waals surface area (Å²) in [5.41, 5.74) is 0.446. The summed E-state index contributed by atoms with van der Waals surface area (Å²) in [5.74, 6) is -0.862. The standard InChI is InChI=1S/C23H22N2O6S2/c1-31-23(26)20-22(33(29,30)18-12-6-3-7-13-18)21(19(25-20)16-9-8-14-24-15-16)32(27,28)17-10-4-2-5-11-17/h2-15,19-22,25H,1H3/t19-,20-,21+,22+/m0/s1. The largest absolute Gasteiger partial charge is 0.468 e. The lowest BCUT2D eigenvalue weighted by Crippen LogP contribution is -2.47. The highest BCUT2D eigenvalue weighted by molar-refractivity contribution is 7.96. The third kappa shape index (κ3) is 4.17. The van der Waals surface area contributed by atoms with Crippen molar-refractivity contribution in [3.8, 4) is 0 Å². The van der Waals surface area contributed by atoms with E-state index < -0.39 is 48.2 Å². The van der Waals surface area contributed by atoms with Crippen molar-refractivity contribution in [3.05, 3.63) is 90.8 Å². The van der Waals surface area contributed by atoms with Gasteiger partial charge in [-0.05, 0) is 35.9 Å². The number of carbonyl (C=O) groups is 1. The van der Waals surface area contributed by atoms with Crippen molar-refractivity contribution in [2.45, 2.75) is 32.4 Å². The monoisotopic (exact) mass is 486 g/mol. The number of pyridine rings is 1. The fraction of sp³-hybridized carbons (Fsp3) is 0.217. The Bertz CT molecular complexity index is 1330. The van der Waals surface area contributed by atoms with E-state index in [0.29, 0.717) is 5.56 Å². The lowest BCUT2D eigenvalue weighted by Gasteiger charge is -2.25. The Kier molecular flexibility index (Phi) is 6.33. The van der Waals surface area contributed by atoms with Gasteiger partial charge in [-0.25, -0.2) is 16.8 Å². The molecule has 2 aromatic carbocycles. The van der Waals surface area contributed by atoms with Gasteiger partial charge in [0.25, 0.3) is 0 Å². The Morgan fingerprint density at radius 2 is 1.36 bits per heavy atom. The normalized spacial score (nSPS) is 23.2. The molecule has 0 radical (unpaired) electrons. The van der Waals surface area contributed by atoms with Crippen LogP contribution in [-0.2, 0) is 29.2 Å². The molecule has 0 bridgehead atoms. The number of rotatable bonds is 6. The zero-order valence-electron chi connectivity index (χ0n) is 17.6. The molecule has 0 spiro atoms. The van der Waals surface area contributed by atoms with Gasteiger partial charge in [0, 0.05) is 12.4 Å². The minimum atomic E-state index is -4.29. The Balaban J connectivity index is 1.97. The minimum absolute atomic E-state index is 0.0375. The van der Waals surface area contributed by atoms with Gasteiger partial charge in [0.05, 0.1) is 22.9 Å². The maximum absolute atomic E-state index is 13.9. The topological polar surface area (TPSA) is 119 Å². The highest BCUT2D eigenvalue weighted by Gasteiger charge is 2.59. The average Bonchev–Trinajstić information content (AvgIpc) is 3.28. The highest BCUT2D eigenvalue weighted by Crippen LogP contribution is 2.41. The van der Waals surface area contributed by atoms with Gasteiger partial charge in [-0.1, -0.05) is 42.5 Å². The number of ether oxygens (including phenoxy) is 1. The molecule has 0 unspecified atom stereocenters. The second-order valence-corrected chi connectivity index (χ2v) is 11.8. The lowest BCUT2D eigenvalue weighted by atomic mass is 10.1. The number of nitrogens with zero attached hydrogens (tertiary/aromatic N) is 1. The molecule has 1 aromatic heterocycles. The van der Waals surface area contributed by atoms with E-state index in [1.807, 2.05) is 0 Å². The smallest absolute Gasteiger partial charge is 0.324 e. The second kappa shape index (κ2) is 9.05. The predicted octanol–water partition coefficient (Wildman–Crippen LogP) is 1.95. The molecule has 0 amide bonds. The summed E-state index contributed by atoms with van der Waals surface area (Å²) < 4.78 is 60.2. The zero-order valence-corrected chi connectivity index (χ0v) is 19.2. The molecule has 172 valence electrons. The maximum atomic E-state index is 13.9. The van der Waals surface area contributed by atoms with Crippen LogP contribution >= 0.6 is 0 Å². The summed E-state index contributed by atoms with van der Waals surface area (Å²) in [6, 6.07) is 16.0.